The standard InChI is InChI=1S/C15H22ClNO/c1-14(2,10-16)11-17-13(18)15(3,4)12-8-6-5-7-9-12/h5-9H,10-11H2,1-4H3,(H,17,18). The molecule has 1 aromatic rings. The Labute approximate surface area is 115 Å². The normalized spacial score (nSPS) is 12.3. The third kappa shape index (κ3) is 3.74. The van der Waals surface area contributed by atoms with Crippen LogP contribution in [-0.4, -0.2) is 18.3 Å². The molecule has 0 aliphatic heterocycles. The number of carbonyl (C=O) groups excluding carboxylic acids is 1. The first-order valence-corrected chi connectivity index (χ1v) is 6.73. The molecule has 0 heterocycles. The summed E-state index contributed by atoms with van der Waals surface area (Å²) >= 11 is 5.86. The minimum Gasteiger partial charge on any atom is -0.355 e. The molecular formula is C15H22ClNO. The van der Waals surface area contributed by atoms with Crippen LogP contribution in [0.1, 0.15) is 33.3 Å². The molecule has 1 N–H and O–H groups in total. The van der Waals surface area contributed by atoms with Crippen molar-refractivity contribution < 1.29 is 4.79 Å². The van der Waals surface area contributed by atoms with Crippen LogP contribution in [0.3, 0.4) is 0 Å². The van der Waals surface area contributed by atoms with E-state index in [1.54, 1.807) is 0 Å². The van der Waals surface area contributed by atoms with Gasteiger partial charge in [-0.2, -0.15) is 0 Å². The smallest absolute Gasteiger partial charge is 0.230 e. The van der Waals surface area contributed by atoms with E-state index in [0.717, 1.165) is 5.56 Å². The van der Waals surface area contributed by atoms with Gasteiger partial charge in [0, 0.05) is 12.4 Å². The average Bonchev–Trinajstić information content (AvgIpc) is 2.37. The van der Waals surface area contributed by atoms with Crippen molar-refractivity contribution in [1.29, 1.82) is 0 Å². The van der Waals surface area contributed by atoms with E-state index in [-0.39, 0.29) is 11.3 Å². The van der Waals surface area contributed by atoms with E-state index in [1.165, 1.54) is 0 Å². The first kappa shape index (κ1) is 15.0. The Morgan fingerprint density at radius 1 is 1.17 bits per heavy atom. The third-order valence-corrected chi connectivity index (χ3v) is 3.88. The predicted octanol–water partition coefficient (Wildman–Crippen LogP) is 3.35. The molecule has 0 aromatic heterocycles. The number of carbonyl (C=O) groups is 1. The lowest BCUT2D eigenvalue weighted by Crippen LogP contribution is -2.44. The molecule has 18 heavy (non-hydrogen) atoms. The molecule has 1 amide bonds. The summed E-state index contributed by atoms with van der Waals surface area (Å²) in [7, 11) is 0. The first-order chi connectivity index (χ1) is 8.29. The Bertz CT molecular complexity index is 398. The lowest BCUT2D eigenvalue weighted by Gasteiger charge is -2.28. The van der Waals surface area contributed by atoms with E-state index in [1.807, 2.05) is 58.0 Å². The van der Waals surface area contributed by atoms with Gasteiger partial charge in [-0.05, 0) is 24.8 Å². The van der Waals surface area contributed by atoms with Gasteiger partial charge in [0.05, 0.1) is 5.41 Å². The molecule has 0 fully saturated rings. The molecule has 0 aliphatic carbocycles. The maximum absolute atomic E-state index is 12.3. The van der Waals surface area contributed by atoms with Gasteiger partial charge < -0.3 is 5.32 Å². The minimum absolute atomic E-state index is 0.0342. The van der Waals surface area contributed by atoms with Gasteiger partial charge in [-0.25, -0.2) is 0 Å². The first-order valence-electron chi connectivity index (χ1n) is 6.19. The summed E-state index contributed by atoms with van der Waals surface area (Å²) in [4.78, 5) is 12.3. The van der Waals surface area contributed by atoms with Gasteiger partial charge in [0.15, 0.2) is 0 Å². The molecule has 2 nitrogen and oxygen atoms in total. The van der Waals surface area contributed by atoms with E-state index in [2.05, 4.69) is 5.32 Å². The van der Waals surface area contributed by atoms with Crippen LogP contribution >= 0.6 is 11.6 Å². The molecule has 0 radical (unpaired) electrons. The largest absolute Gasteiger partial charge is 0.355 e. The van der Waals surface area contributed by atoms with E-state index in [9.17, 15) is 4.79 Å². The summed E-state index contributed by atoms with van der Waals surface area (Å²) in [5.41, 5.74) is 0.416. The predicted molar refractivity (Wildman–Crippen MR) is 77.0 cm³/mol. The van der Waals surface area contributed by atoms with E-state index in [0.29, 0.717) is 12.4 Å². The van der Waals surface area contributed by atoms with Gasteiger partial charge in [0.1, 0.15) is 0 Å². The van der Waals surface area contributed by atoms with Gasteiger partial charge >= 0.3 is 0 Å². The maximum Gasteiger partial charge on any atom is 0.230 e. The molecule has 1 aromatic carbocycles. The summed E-state index contributed by atoms with van der Waals surface area (Å²) in [6, 6.07) is 9.81. The number of nitrogens with one attached hydrogen (secondary N) is 1. The van der Waals surface area contributed by atoms with Crippen LogP contribution in [-0.2, 0) is 10.2 Å². The molecule has 1 rings (SSSR count). The van der Waals surface area contributed by atoms with Crippen LogP contribution in [0.2, 0.25) is 0 Å². The number of halogens is 1. The monoisotopic (exact) mass is 267 g/mol. The summed E-state index contributed by atoms with van der Waals surface area (Å²) in [5.74, 6) is 0.561. The van der Waals surface area contributed by atoms with Gasteiger partial charge in [-0.1, -0.05) is 44.2 Å². The molecule has 0 spiro atoms. The topological polar surface area (TPSA) is 29.1 Å². The second kappa shape index (κ2) is 5.75. The average molecular weight is 268 g/mol. The summed E-state index contributed by atoms with van der Waals surface area (Å²) in [6.45, 7) is 8.54. The SMILES string of the molecule is CC(C)(CCl)CNC(=O)C(C)(C)c1ccccc1. The van der Waals surface area contributed by atoms with E-state index in [4.69, 9.17) is 11.6 Å². The zero-order valence-corrected chi connectivity index (χ0v) is 12.3. The highest BCUT2D eigenvalue weighted by atomic mass is 35.5. The quantitative estimate of drug-likeness (QED) is 0.815. The van der Waals surface area contributed by atoms with Crippen LogP contribution < -0.4 is 5.32 Å². The number of benzene rings is 1. The molecule has 0 aliphatic rings. The molecule has 100 valence electrons. The fraction of sp³-hybridized carbons (Fsp3) is 0.533. The third-order valence-electron chi connectivity index (χ3n) is 3.15. The summed E-state index contributed by atoms with van der Waals surface area (Å²) in [5, 5.41) is 2.99. The Balaban J connectivity index is 2.72. The Kier molecular flexibility index (Phi) is 4.80. The van der Waals surface area contributed by atoms with Gasteiger partial charge in [-0.3, -0.25) is 4.79 Å². The summed E-state index contributed by atoms with van der Waals surface area (Å²) in [6.07, 6.45) is 0. The Morgan fingerprint density at radius 2 is 1.72 bits per heavy atom. The second-order valence-electron chi connectivity index (χ2n) is 5.97. The minimum atomic E-state index is -0.524. The van der Waals surface area contributed by atoms with E-state index < -0.39 is 5.41 Å². The Hall–Kier alpha value is -1.02. The van der Waals surface area contributed by atoms with Crippen LogP contribution in [0, 0.1) is 5.41 Å². The number of hydrogen-bond donors (Lipinski definition) is 1. The highest BCUT2D eigenvalue weighted by molar-refractivity contribution is 6.18. The fourth-order valence-electron chi connectivity index (χ4n) is 1.57. The number of amides is 1. The maximum atomic E-state index is 12.3. The van der Waals surface area contributed by atoms with Crippen molar-refractivity contribution in [3.63, 3.8) is 0 Å². The van der Waals surface area contributed by atoms with Crippen LogP contribution in [0.5, 0.6) is 0 Å². The molecule has 0 saturated heterocycles. The molecule has 0 atom stereocenters. The Morgan fingerprint density at radius 3 is 2.22 bits per heavy atom. The van der Waals surface area contributed by atoms with Crippen molar-refractivity contribution in [2.45, 2.75) is 33.1 Å². The lowest BCUT2D eigenvalue weighted by molar-refractivity contribution is -0.126. The molecule has 0 bridgehead atoms. The lowest BCUT2D eigenvalue weighted by atomic mass is 9.83. The van der Waals surface area contributed by atoms with Crippen LogP contribution in [0.4, 0.5) is 0 Å². The number of alkyl halides is 1. The van der Waals surface area contributed by atoms with Crippen molar-refractivity contribution in [2.75, 3.05) is 12.4 Å². The summed E-state index contributed by atoms with van der Waals surface area (Å²) < 4.78 is 0. The van der Waals surface area contributed by atoms with Crippen molar-refractivity contribution >= 4 is 17.5 Å². The van der Waals surface area contributed by atoms with Gasteiger partial charge in [0.2, 0.25) is 5.91 Å². The van der Waals surface area contributed by atoms with Gasteiger partial charge in [-0.15, -0.1) is 11.6 Å². The fourth-order valence-corrected chi connectivity index (χ4v) is 1.67. The zero-order chi connectivity index (χ0) is 13.8. The number of hydrogen-bond acceptors (Lipinski definition) is 1. The highest BCUT2D eigenvalue weighted by Crippen LogP contribution is 2.23. The van der Waals surface area contributed by atoms with Crippen molar-refractivity contribution in [3.05, 3.63) is 35.9 Å². The van der Waals surface area contributed by atoms with Crippen molar-refractivity contribution in [3.8, 4) is 0 Å². The molecule has 0 unspecified atom stereocenters. The van der Waals surface area contributed by atoms with Crippen LogP contribution in [0.15, 0.2) is 30.3 Å². The van der Waals surface area contributed by atoms with Gasteiger partial charge in [0.25, 0.3) is 0 Å². The van der Waals surface area contributed by atoms with E-state index >= 15 is 0 Å². The van der Waals surface area contributed by atoms with Crippen LogP contribution in [0.25, 0.3) is 0 Å². The van der Waals surface area contributed by atoms with Crippen molar-refractivity contribution in [2.24, 2.45) is 5.41 Å². The molecule has 3 heteroatoms. The molecular weight excluding hydrogens is 246 g/mol. The molecule has 0 saturated carbocycles. The number of rotatable bonds is 5. The zero-order valence-electron chi connectivity index (χ0n) is 11.6. The highest BCUT2D eigenvalue weighted by Gasteiger charge is 2.30. The van der Waals surface area contributed by atoms with Crippen molar-refractivity contribution in [1.82, 2.24) is 5.32 Å². The second-order valence-corrected chi connectivity index (χ2v) is 6.24.